The number of hydrogen-bond donors (Lipinski definition) is 1. The van der Waals surface area contributed by atoms with E-state index < -0.39 is 5.54 Å². The SMILES string of the molecule is CN(CCOCC1CC1)C(=O)C1(N)CC1. The van der Waals surface area contributed by atoms with Crippen LogP contribution in [0.3, 0.4) is 0 Å². The molecule has 4 heteroatoms. The van der Waals surface area contributed by atoms with Gasteiger partial charge in [-0.15, -0.1) is 0 Å². The molecule has 2 rings (SSSR count). The maximum atomic E-state index is 11.7. The number of rotatable bonds is 6. The average Bonchev–Trinajstić information content (AvgIpc) is 3.08. The Morgan fingerprint density at radius 1 is 1.53 bits per heavy atom. The molecule has 0 atom stereocenters. The fourth-order valence-corrected chi connectivity index (χ4v) is 1.57. The second kappa shape index (κ2) is 4.10. The summed E-state index contributed by atoms with van der Waals surface area (Å²) in [4.78, 5) is 13.4. The molecule has 0 aromatic rings. The molecule has 0 aliphatic heterocycles. The molecule has 0 unspecified atom stereocenters. The van der Waals surface area contributed by atoms with Crippen LogP contribution in [0.1, 0.15) is 25.7 Å². The van der Waals surface area contributed by atoms with Gasteiger partial charge in [-0.05, 0) is 31.6 Å². The highest BCUT2D eigenvalue weighted by atomic mass is 16.5. The van der Waals surface area contributed by atoms with Crippen molar-refractivity contribution in [2.75, 3.05) is 26.8 Å². The summed E-state index contributed by atoms with van der Waals surface area (Å²) in [6.45, 7) is 2.15. The summed E-state index contributed by atoms with van der Waals surface area (Å²) in [6.07, 6.45) is 4.28. The molecule has 2 saturated carbocycles. The zero-order chi connectivity index (χ0) is 10.9. The van der Waals surface area contributed by atoms with Crippen LogP contribution in [0.5, 0.6) is 0 Å². The van der Waals surface area contributed by atoms with Crippen molar-refractivity contribution in [1.29, 1.82) is 0 Å². The van der Waals surface area contributed by atoms with E-state index in [-0.39, 0.29) is 5.91 Å². The largest absolute Gasteiger partial charge is 0.379 e. The van der Waals surface area contributed by atoms with Gasteiger partial charge in [0.2, 0.25) is 5.91 Å². The van der Waals surface area contributed by atoms with Crippen molar-refractivity contribution >= 4 is 5.91 Å². The highest BCUT2D eigenvalue weighted by molar-refractivity contribution is 5.88. The summed E-state index contributed by atoms with van der Waals surface area (Å²) in [6, 6.07) is 0. The first-order chi connectivity index (χ1) is 7.12. The van der Waals surface area contributed by atoms with Gasteiger partial charge in [-0.3, -0.25) is 4.79 Å². The highest BCUT2D eigenvalue weighted by Gasteiger charge is 2.47. The molecule has 2 aliphatic carbocycles. The van der Waals surface area contributed by atoms with Gasteiger partial charge in [0.25, 0.3) is 0 Å². The second-order valence-corrected chi connectivity index (χ2v) is 4.90. The molecule has 2 N–H and O–H groups in total. The van der Waals surface area contributed by atoms with Crippen LogP contribution in [0.25, 0.3) is 0 Å². The van der Waals surface area contributed by atoms with Crippen molar-refractivity contribution in [2.45, 2.75) is 31.2 Å². The maximum absolute atomic E-state index is 11.7. The van der Waals surface area contributed by atoms with E-state index in [9.17, 15) is 4.79 Å². The summed E-state index contributed by atoms with van der Waals surface area (Å²) in [5, 5.41) is 0. The van der Waals surface area contributed by atoms with Crippen LogP contribution in [-0.4, -0.2) is 43.2 Å². The smallest absolute Gasteiger partial charge is 0.242 e. The van der Waals surface area contributed by atoms with Crippen molar-refractivity contribution < 1.29 is 9.53 Å². The number of carbonyl (C=O) groups is 1. The van der Waals surface area contributed by atoms with Crippen LogP contribution >= 0.6 is 0 Å². The van der Waals surface area contributed by atoms with Gasteiger partial charge in [0.15, 0.2) is 0 Å². The molecule has 1 amide bonds. The third kappa shape index (κ3) is 2.92. The summed E-state index contributed by atoms with van der Waals surface area (Å²) in [5.74, 6) is 0.854. The molecule has 0 spiro atoms. The zero-order valence-electron chi connectivity index (χ0n) is 9.37. The van der Waals surface area contributed by atoms with E-state index in [2.05, 4.69) is 0 Å². The molecular weight excluding hydrogens is 192 g/mol. The molecule has 15 heavy (non-hydrogen) atoms. The number of carbonyl (C=O) groups excluding carboxylic acids is 1. The first-order valence-electron chi connectivity index (χ1n) is 5.74. The maximum Gasteiger partial charge on any atom is 0.242 e. The van der Waals surface area contributed by atoms with Crippen LogP contribution in [0.4, 0.5) is 0 Å². The molecular formula is C11H20N2O2. The van der Waals surface area contributed by atoms with Gasteiger partial charge in [-0.25, -0.2) is 0 Å². The molecule has 0 bridgehead atoms. The lowest BCUT2D eigenvalue weighted by Crippen LogP contribution is -2.44. The standard InChI is InChI=1S/C11H20N2O2/c1-13(10(14)11(12)4-5-11)6-7-15-8-9-2-3-9/h9H,2-8,12H2,1H3. The Kier molecular flexibility index (Phi) is 2.98. The van der Waals surface area contributed by atoms with E-state index >= 15 is 0 Å². The Bertz CT molecular complexity index is 247. The fourth-order valence-electron chi connectivity index (χ4n) is 1.57. The number of nitrogens with two attached hydrogens (primary N) is 1. The number of amides is 1. The number of ether oxygens (including phenoxy) is 1. The lowest BCUT2D eigenvalue weighted by atomic mass is 10.2. The Labute approximate surface area is 90.8 Å². The van der Waals surface area contributed by atoms with Crippen LogP contribution in [0.15, 0.2) is 0 Å². The highest BCUT2D eigenvalue weighted by Crippen LogP contribution is 2.33. The topological polar surface area (TPSA) is 55.6 Å². The van der Waals surface area contributed by atoms with E-state index in [0.717, 1.165) is 25.4 Å². The minimum Gasteiger partial charge on any atom is -0.379 e. The van der Waals surface area contributed by atoms with Gasteiger partial charge in [0, 0.05) is 20.2 Å². The van der Waals surface area contributed by atoms with E-state index in [0.29, 0.717) is 13.2 Å². The van der Waals surface area contributed by atoms with E-state index in [1.165, 1.54) is 12.8 Å². The lowest BCUT2D eigenvalue weighted by Gasteiger charge is -2.20. The number of nitrogens with zero attached hydrogens (tertiary/aromatic N) is 1. The second-order valence-electron chi connectivity index (χ2n) is 4.90. The van der Waals surface area contributed by atoms with E-state index in [4.69, 9.17) is 10.5 Å². The molecule has 0 saturated heterocycles. The number of likely N-dealkylation sites (N-methyl/N-ethyl adjacent to an activating group) is 1. The Hall–Kier alpha value is -0.610. The Morgan fingerprint density at radius 3 is 2.73 bits per heavy atom. The predicted octanol–water partition coefficient (Wildman–Crippen LogP) is 0.363. The van der Waals surface area contributed by atoms with Crippen molar-refractivity contribution in [3.05, 3.63) is 0 Å². The molecule has 0 heterocycles. The summed E-state index contributed by atoms with van der Waals surface area (Å²) < 4.78 is 5.48. The quantitative estimate of drug-likeness (QED) is 0.647. The molecule has 0 aromatic carbocycles. The third-order valence-electron chi connectivity index (χ3n) is 3.18. The minimum absolute atomic E-state index is 0.0671. The van der Waals surface area contributed by atoms with Crippen LogP contribution in [0.2, 0.25) is 0 Å². The molecule has 2 aliphatic rings. The Balaban J connectivity index is 1.58. The first-order valence-corrected chi connectivity index (χ1v) is 5.74. The van der Waals surface area contributed by atoms with Crippen LogP contribution < -0.4 is 5.73 Å². The summed E-state index contributed by atoms with van der Waals surface area (Å²) in [7, 11) is 1.80. The molecule has 86 valence electrons. The van der Waals surface area contributed by atoms with E-state index in [1.807, 2.05) is 0 Å². The van der Waals surface area contributed by atoms with Crippen molar-refractivity contribution in [1.82, 2.24) is 4.90 Å². The van der Waals surface area contributed by atoms with Crippen molar-refractivity contribution in [2.24, 2.45) is 11.7 Å². The first kappa shape index (κ1) is 10.9. The van der Waals surface area contributed by atoms with Crippen LogP contribution in [0, 0.1) is 5.92 Å². The fraction of sp³-hybridized carbons (Fsp3) is 0.909. The van der Waals surface area contributed by atoms with Gasteiger partial charge in [0.05, 0.1) is 12.1 Å². The molecule has 0 aromatic heterocycles. The Morgan fingerprint density at radius 2 is 2.20 bits per heavy atom. The molecule has 0 radical (unpaired) electrons. The van der Waals surface area contributed by atoms with Gasteiger partial charge < -0.3 is 15.4 Å². The van der Waals surface area contributed by atoms with Gasteiger partial charge in [-0.2, -0.15) is 0 Å². The molecule has 2 fully saturated rings. The normalized spacial score (nSPS) is 22.5. The van der Waals surface area contributed by atoms with Crippen molar-refractivity contribution in [3.8, 4) is 0 Å². The number of hydrogen-bond acceptors (Lipinski definition) is 3. The van der Waals surface area contributed by atoms with Crippen LogP contribution in [-0.2, 0) is 9.53 Å². The third-order valence-corrected chi connectivity index (χ3v) is 3.18. The summed E-state index contributed by atoms with van der Waals surface area (Å²) >= 11 is 0. The average molecular weight is 212 g/mol. The zero-order valence-corrected chi connectivity index (χ0v) is 9.37. The van der Waals surface area contributed by atoms with Gasteiger partial charge in [-0.1, -0.05) is 0 Å². The minimum atomic E-state index is -0.536. The molecule has 4 nitrogen and oxygen atoms in total. The lowest BCUT2D eigenvalue weighted by molar-refractivity contribution is -0.133. The predicted molar refractivity (Wildman–Crippen MR) is 57.3 cm³/mol. The van der Waals surface area contributed by atoms with Gasteiger partial charge in [0.1, 0.15) is 0 Å². The van der Waals surface area contributed by atoms with Gasteiger partial charge >= 0.3 is 0 Å². The van der Waals surface area contributed by atoms with Crippen molar-refractivity contribution in [3.63, 3.8) is 0 Å². The van der Waals surface area contributed by atoms with E-state index in [1.54, 1.807) is 11.9 Å². The monoisotopic (exact) mass is 212 g/mol. The summed E-state index contributed by atoms with van der Waals surface area (Å²) in [5.41, 5.74) is 5.28.